The van der Waals surface area contributed by atoms with Crippen molar-refractivity contribution in [2.45, 2.75) is 52.1 Å². The lowest BCUT2D eigenvalue weighted by atomic mass is 9.97. The van der Waals surface area contributed by atoms with Gasteiger partial charge in [0.1, 0.15) is 6.61 Å². The largest absolute Gasteiger partial charge is 0.490 e. The minimum Gasteiger partial charge on any atom is -0.490 e. The predicted octanol–water partition coefficient (Wildman–Crippen LogP) is 6.20. The van der Waals surface area contributed by atoms with E-state index in [2.05, 4.69) is 29.2 Å². The summed E-state index contributed by atoms with van der Waals surface area (Å²) in [5, 5.41) is 11.6. The van der Waals surface area contributed by atoms with Gasteiger partial charge in [0, 0.05) is 13.1 Å². The number of aliphatic hydroxyl groups is 1. The van der Waals surface area contributed by atoms with E-state index in [9.17, 15) is 9.90 Å². The standard InChI is InChI=1S/C35H39NO5/c1-3-39-32-21-20-30(23-33(32)40-4-2)22-31(34(37)35(38)41-26-29-18-12-7-13-19-29)36(24-27-14-8-5-9-15-27)25-28-16-10-6-11-17-28/h5-21,23,31,34,37H,3-4,22,24-26H2,1-2H3. The Kier molecular flexibility index (Phi) is 11.4. The second-order valence-corrected chi connectivity index (χ2v) is 9.83. The Morgan fingerprint density at radius 1 is 0.683 bits per heavy atom. The molecule has 2 atom stereocenters. The zero-order valence-electron chi connectivity index (χ0n) is 23.8. The van der Waals surface area contributed by atoms with Crippen molar-refractivity contribution in [2.75, 3.05) is 13.2 Å². The monoisotopic (exact) mass is 553 g/mol. The molecule has 0 aliphatic carbocycles. The van der Waals surface area contributed by atoms with Crippen LogP contribution < -0.4 is 9.47 Å². The number of carbonyl (C=O) groups is 1. The molecular formula is C35H39NO5. The molecule has 6 nitrogen and oxygen atoms in total. The van der Waals surface area contributed by atoms with Crippen molar-refractivity contribution in [1.82, 2.24) is 4.90 Å². The van der Waals surface area contributed by atoms with Crippen LogP contribution in [0, 0.1) is 0 Å². The molecule has 0 aliphatic heterocycles. The van der Waals surface area contributed by atoms with Gasteiger partial charge in [-0.05, 0) is 54.7 Å². The van der Waals surface area contributed by atoms with Gasteiger partial charge >= 0.3 is 5.97 Å². The topological polar surface area (TPSA) is 68.2 Å². The first-order valence-corrected chi connectivity index (χ1v) is 14.2. The molecule has 0 radical (unpaired) electrons. The van der Waals surface area contributed by atoms with Crippen LogP contribution in [0.25, 0.3) is 0 Å². The highest BCUT2D eigenvalue weighted by Crippen LogP contribution is 2.30. The normalized spacial score (nSPS) is 12.5. The molecule has 2 unspecified atom stereocenters. The van der Waals surface area contributed by atoms with Crippen molar-refractivity contribution in [1.29, 1.82) is 0 Å². The summed E-state index contributed by atoms with van der Waals surface area (Å²) >= 11 is 0. The molecule has 1 N–H and O–H groups in total. The van der Waals surface area contributed by atoms with E-state index >= 15 is 0 Å². The molecule has 0 bridgehead atoms. The van der Waals surface area contributed by atoms with Gasteiger partial charge in [0.05, 0.1) is 19.3 Å². The van der Waals surface area contributed by atoms with Crippen LogP contribution in [0.15, 0.2) is 109 Å². The van der Waals surface area contributed by atoms with Gasteiger partial charge in [-0.1, -0.05) is 97.1 Å². The molecule has 4 rings (SSSR count). The molecule has 0 saturated heterocycles. The zero-order valence-corrected chi connectivity index (χ0v) is 23.8. The van der Waals surface area contributed by atoms with Gasteiger partial charge in [0.15, 0.2) is 17.6 Å². The van der Waals surface area contributed by atoms with E-state index in [0.29, 0.717) is 44.2 Å². The van der Waals surface area contributed by atoms with Crippen LogP contribution in [0.4, 0.5) is 0 Å². The number of hydrogen-bond acceptors (Lipinski definition) is 6. The summed E-state index contributed by atoms with van der Waals surface area (Å²) in [6.07, 6.45) is -0.985. The van der Waals surface area contributed by atoms with Crippen LogP contribution in [0.2, 0.25) is 0 Å². The highest BCUT2D eigenvalue weighted by Gasteiger charge is 2.33. The first-order chi connectivity index (χ1) is 20.1. The van der Waals surface area contributed by atoms with Crippen LogP contribution in [0.1, 0.15) is 36.1 Å². The minimum absolute atomic E-state index is 0.0956. The molecule has 0 saturated carbocycles. The van der Waals surface area contributed by atoms with E-state index in [0.717, 1.165) is 22.3 Å². The van der Waals surface area contributed by atoms with Crippen LogP contribution >= 0.6 is 0 Å². The van der Waals surface area contributed by atoms with Gasteiger partial charge < -0.3 is 19.3 Å². The average molecular weight is 554 g/mol. The summed E-state index contributed by atoms with van der Waals surface area (Å²) in [7, 11) is 0. The van der Waals surface area contributed by atoms with E-state index < -0.39 is 18.1 Å². The van der Waals surface area contributed by atoms with Gasteiger partial charge in [0.2, 0.25) is 0 Å². The second-order valence-electron chi connectivity index (χ2n) is 9.83. The summed E-state index contributed by atoms with van der Waals surface area (Å²) in [5.41, 5.74) is 3.95. The van der Waals surface area contributed by atoms with Gasteiger partial charge in [-0.2, -0.15) is 0 Å². The molecule has 0 aliphatic rings. The third-order valence-corrected chi connectivity index (χ3v) is 6.81. The van der Waals surface area contributed by atoms with E-state index in [4.69, 9.17) is 14.2 Å². The van der Waals surface area contributed by atoms with E-state index in [-0.39, 0.29) is 6.61 Å². The first-order valence-electron chi connectivity index (χ1n) is 14.2. The number of esters is 1. The van der Waals surface area contributed by atoms with Crippen LogP contribution in [0.3, 0.4) is 0 Å². The summed E-state index contributed by atoms with van der Waals surface area (Å²) in [4.78, 5) is 15.5. The van der Waals surface area contributed by atoms with Crippen LogP contribution in [-0.2, 0) is 35.6 Å². The van der Waals surface area contributed by atoms with Gasteiger partial charge in [0.25, 0.3) is 0 Å². The van der Waals surface area contributed by atoms with Crippen molar-refractivity contribution in [2.24, 2.45) is 0 Å². The molecular weight excluding hydrogens is 514 g/mol. The Bertz CT molecular complexity index is 1290. The second kappa shape index (κ2) is 15.6. The van der Waals surface area contributed by atoms with Gasteiger partial charge in [-0.3, -0.25) is 4.90 Å². The van der Waals surface area contributed by atoms with Gasteiger partial charge in [-0.15, -0.1) is 0 Å². The number of ether oxygens (including phenoxy) is 3. The first kappa shape index (κ1) is 29.8. The van der Waals surface area contributed by atoms with Crippen molar-refractivity contribution in [3.8, 4) is 11.5 Å². The third kappa shape index (κ3) is 8.93. The molecule has 0 fully saturated rings. The van der Waals surface area contributed by atoms with Crippen molar-refractivity contribution in [3.63, 3.8) is 0 Å². The Morgan fingerprint density at radius 2 is 1.20 bits per heavy atom. The number of rotatable bonds is 15. The summed E-state index contributed by atoms with van der Waals surface area (Å²) in [6, 6.07) is 34.9. The molecule has 4 aromatic rings. The van der Waals surface area contributed by atoms with E-state index in [1.165, 1.54) is 0 Å². The fraction of sp³-hybridized carbons (Fsp3) is 0.286. The Balaban J connectivity index is 1.66. The molecule has 214 valence electrons. The maximum Gasteiger partial charge on any atom is 0.336 e. The highest BCUT2D eigenvalue weighted by molar-refractivity contribution is 5.75. The predicted molar refractivity (Wildman–Crippen MR) is 161 cm³/mol. The smallest absolute Gasteiger partial charge is 0.336 e. The Morgan fingerprint density at radius 3 is 1.73 bits per heavy atom. The fourth-order valence-corrected chi connectivity index (χ4v) is 4.80. The Hall–Kier alpha value is -4.13. The zero-order chi connectivity index (χ0) is 28.9. The average Bonchev–Trinajstić information content (AvgIpc) is 3.01. The number of hydrogen-bond donors (Lipinski definition) is 1. The number of nitrogens with zero attached hydrogens (tertiary/aromatic N) is 1. The molecule has 0 amide bonds. The summed E-state index contributed by atoms with van der Waals surface area (Å²) in [6.45, 7) is 6.06. The minimum atomic E-state index is -1.38. The number of carbonyl (C=O) groups excluding carboxylic acids is 1. The fourth-order valence-electron chi connectivity index (χ4n) is 4.80. The number of benzene rings is 4. The summed E-state index contributed by atoms with van der Waals surface area (Å²) < 4.78 is 17.2. The lowest BCUT2D eigenvalue weighted by Crippen LogP contribution is -2.48. The quantitative estimate of drug-likeness (QED) is 0.177. The molecule has 41 heavy (non-hydrogen) atoms. The molecule has 0 aromatic heterocycles. The SMILES string of the molecule is CCOc1ccc(CC(C(O)C(=O)OCc2ccccc2)N(Cc2ccccc2)Cc2ccccc2)cc1OCC. The van der Waals surface area contributed by atoms with Crippen LogP contribution in [-0.4, -0.2) is 41.3 Å². The lowest BCUT2D eigenvalue weighted by Gasteiger charge is -2.34. The molecule has 6 heteroatoms. The number of aliphatic hydroxyl groups excluding tert-OH is 1. The van der Waals surface area contributed by atoms with Crippen molar-refractivity contribution in [3.05, 3.63) is 131 Å². The van der Waals surface area contributed by atoms with Gasteiger partial charge in [-0.25, -0.2) is 4.79 Å². The third-order valence-electron chi connectivity index (χ3n) is 6.81. The highest BCUT2D eigenvalue weighted by atomic mass is 16.5. The Labute approximate surface area is 243 Å². The lowest BCUT2D eigenvalue weighted by molar-refractivity contribution is -0.159. The molecule has 0 spiro atoms. The van der Waals surface area contributed by atoms with Crippen LogP contribution in [0.5, 0.6) is 11.5 Å². The maximum atomic E-state index is 13.3. The van der Waals surface area contributed by atoms with Crippen molar-refractivity contribution >= 4 is 5.97 Å². The van der Waals surface area contributed by atoms with Crippen molar-refractivity contribution < 1.29 is 24.1 Å². The summed E-state index contributed by atoms with van der Waals surface area (Å²) in [5.74, 6) is 0.660. The van der Waals surface area contributed by atoms with E-state index in [1.807, 2.05) is 98.8 Å². The van der Waals surface area contributed by atoms with E-state index in [1.54, 1.807) is 0 Å². The molecule has 4 aromatic carbocycles. The molecule has 0 heterocycles. The maximum absolute atomic E-state index is 13.3.